The van der Waals surface area contributed by atoms with E-state index in [1.54, 1.807) is 17.8 Å². The van der Waals surface area contributed by atoms with Crippen LogP contribution in [0.4, 0.5) is 4.79 Å². The molecule has 0 radical (unpaired) electrons. The van der Waals surface area contributed by atoms with Gasteiger partial charge in [-0.05, 0) is 37.6 Å². The number of carbonyl (C=O) groups excluding carboxylic acids is 1. The van der Waals surface area contributed by atoms with Crippen molar-refractivity contribution in [1.82, 2.24) is 14.5 Å². The van der Waals surface area contributed by atoms with Crippen LogP contribution in [0.2, 0.25) is 0 Å². The highest BCUT2D eigenvalue weighted by molar-refractivity contribution is 6.27. The molecule has 5 heteroatoms. The second-order valence-corrected chi connectivity index (χ2v) is 5.63. The molecule has 1 aromatic heterocycles. The second kappa shape index (κ2) is 6.74. The number of hydrazone groups is 1. The maximum atomic E-state index is 12.6. The SMILES string of the molecule is CCN(CC)C1=N/N(C)C(=O)n2cccc2/C=C\1c1ccccc1. The molecule has 0 atom stereocenters. The number of benzene rings is 1. The Balaban J connectivity index is 2.24. The summed E-state index contributed by atoms with van der Waals surface area (Å²) < 4.78 is 1.62. The van der Waals surface area contributed by atoms with E-state index in [0.717, 1.165) is 35.8 Å². The molecule has 3 rings (SSSR count). The van der Waals surface area contributed by atoms with Crippen molar-refractivity contribution in [3.63, 3.8) is 0 Å². The summed E-state index contributed by atoms with van der Waals surface area (Å²) in [5, 5.41) is 6.04. The average molecular weight is 322 g/mol. The minimum Gasteiger partial charge on any atom is -0.355 e. The van der Waals surface area contributed by atoms with Crippen molar-refractivity contribution in [2.24, 2.45) is 5.10 Å². The van der Waals surface area contributed by atoms with E-state index < -0.39 is 0 Å². The third kappa shape index (κ3) is 2.85. The predicted octanol–water partition coefficient (Wildman–Crippen LogP) is 3.60. The number of amides is 1. The number of likely N-dealkylation sites (N-methyl/N-ethyl adjacent to an activating group) is 1. The standard InChI is InChI=1S/C19H22N4O/c1-4-22(5-2)18-17(15-10-7-6-8-11-15)14-16-12-9-13-23(16)19(24)21(3)20-18/h6-14H,4-5H2,1-3H3/b17-14-,20-18+. The zero-order valence-corrected chi connectivity index (χ0v) is 14.3. The molecule has 124 valence electrons. The van der Waals surface area contributed by atoms with Gasteiger partial charge in [-0.25, -0.2) is 9.80 Å². The topological polar surface area (TPSA) is 40.8 Å². The highest BCUT2D eigenvalue weighted by Crippen LogP contribution is 2.24. The molecule has 24 heavy (non-hydrogen) atoms. The van der Waals surface area contributed by atoms with Crippen molar-refractivity contribution in [1.29, 1.82) is 0 Å². The molecule has 0 fully saturated rings. The summed E-state index contributed by atoms with van der Waals surface area (Å²) in [7, 11) is 1.70. The van der Waals surface area contributed by atoms with Crippen molar-refractivity contribution in [3.05, 3.63) is 59.9 Å². The fraction of sp³-hybridized carbons (Fsp3) is 0.263. The van der Waals surface area contributed by atoms with Crippen LogP contribution in [0, 0.1) is 0 Å². The molecule has 2 aromatic rings. The summed E-state index contributed by atoms with van der Waals surface area (Å²) in [6, 6.07) is 13.8. The Labute approximate surface area is 142 Å². The molecule has 0 bridgehead atoms. The Kier molecular flexibility index (Phi) is 4.51. The van der Waals surface area contributed by atoms with E-state index in [4.69, 9.17) is 0 Å². The number of fused-ring (bicyclic) bond motifs is 1. The number of hydrogen-bond donors (Lipinski definition) is 0. The van der Waals surface area contributed by atoms with E-state index in [0.29, 0.717) is 0 Å². The van der Waals surface area contributed by atoms with Gasteiger partial charge in [0.25, 0.3) is 0 Å². The van der Waals surface area contributed by atoms with Gasteiger partial charge in [0, 0.05) is 31.9 Å². The largest absolute Gasteiger partial charge is 0.355 e. The number of carbonyl (C=O) groups is 1. The average Bonchev–Trinajstić information content (AvgIpc) is 3.07. The second-order valence-electron chi connectivity index (χ2n) is 5.63. The highest BCUT2D eigenvalue weighted by Gasteiger charge is 2.23. The van der Waals surface area contributed by atoms with Gasteiger partial charge in [-0.15, -0.1) is 0 Å². The van der Waals surface area contributed by atoms with Gasteiger partial charge in [-0.3, -0.25) is 4.57 Å². The zero-order chi connectivity index (χ0) is 17.1. The molecule has 1 aliphatic heterocycles. The molecule has 2 heterocycles. The fourth-order valence-corrected chi connectivity index (χ4v) is 2.88. The first kappa shape index (κ1) is 16.1. The van der Waals surface area contributed by atoms with Crippen molar-refractivity contribution >= 4 is 23.5 Å². The summed E-state index contributed by atoms with van der Waals surface area (Å²) in [6.07, 6.45) is 3.81. The zero-order valence-electron chi connectivity index (χ0n) is 14.3. The van der Waals surface area contributed by atoms with Crippen molar-refractivity contribution in [2.45, 2.75) is 13.8 Å². The summed E-state index contributed by atoms with van der Waals surface area (Å²) >= 11 is 0. The smallest absolute Gasteiger partial charge is 0.348 e. The molecule has 5 nitrogen and oxygen atoms in total. The molecule has 0 N–H and O–H groups in total. The van der Waals surface area contributed by atoms with Gasteiger partial charge in [0.05, 0.1) is 5.69 Å². The molecule has 0 aliphatic carbocycles. The Bertz CT molecular complexity index is 785. The first-order valence-electron chi connectivity index (χ1n) is 8.22. The van der Waals surface area contributed by atoms with E-state index in [9.17, 15) is 4.79 Å². The maximum absolute atomic E-state index is 12.6. The van der Waals surface area contributed by atoms with Gasteiger partial charge in [0.1, 0.15) is 0 Å². The van der Waals surface area contributed by atoms with Gasteiger partial charge >= 0.3 is 6.03 Å². The normalized spacial score (nSPS) is 18.8. The third-order valence-corrected chi connectivity index (χ3v) is 4.19. The summed E-state index contributed by atoms with van der Waals surface area (Å²) in [5.74, 6) is 0.814. The lowest BCUT2D eigenvalue weighted by Crippen LogP contribution is -2.37. The van der Waals surface area contributed by atoms with E-state index in [1.165, 1.54) is 5.01 Å². The van der Waals surface area contributed by atoms with E-state index >= 15 is 0 Å². The van der Waals surface area contributed by atoms with Gasteiger partial charge in [0.2, 0.25) is 0 Å². The van der Waals surface area contributed by atoms with E-state index in [1.807, 2.05) is 36.4 Å². The van der Waals surface area contributed by atoms with Crippen LogP contribution in [0.15, 0.2) is 53.8 Å². The van der Waals surface area contributed by atoms with Gasteiger partial charge in [0.15, 0.2) is 5.84 Å². The molecule has 0 saturated carbocycles. The first-order chi connectivity index (χ1) is 11.7. The molecule has 0 saturated heterocycles. The number of rotatable bonds is 3. The van der Waals surface area contributed by atoms with Crippen LogP contribution in [0.3, 0.4) is 0 Å². The summed E-state index contributed by atoms with van der Waals surface area (Å²) in [5.41, 5.74) is 2.95. The molecule has 0 spiro atoms. The molecule has 0 unspecified atom stereocenters. The third-order valence-electron chi connectivity index (χ3n) is 4.19. The monoisotopic (exact) mass is 322 g/mol. The summed E-state index contributed by atoms with van der Waals surface area (Å²) in [4.78, 5) is 14.7. The predicted molar refractivity (Wildman–Crippen MR) is 97.7 cm³/mol. The van der Waals surface area contributed by atoms with Crippen molar-refractivity contribution in [3.8, 4) is 0 Å². The highest BCUT2D eigenvalue weighted by atomic mass is 16.2. The number of aromatic nitrogens is 1. The minimum atomic E-state index is -0.164. The van der Waals surface area contributed by atoms with Crippen LogP contribution in [-0.4, -0.2) is 46.5 Å². The van der Waals surface area contributed by atoms with Gasteiger partial charge < -0.3 is 4.90 Å². The quantitative estimate of drug-likeness (QED) is 0.866. The molecule has 1 aromatic carbocycles. The lowest BCUT2D eigenvalue weighted by molar-refractivity contribution is 0.211. The Morgan fingerprint density at radius 2 is 1.75 bits per heavy atom. The van der Waals surface area contributed by atoms with Crippen LogP contribution < -0.4 is 0 Å². The lowest BCUT2D eigenvalue weighted by atomic mass is 10.0. The summed E-state index contributed by atoms with van der Waals surface area (Å²) in [6.45, 7) is 5.83. The van der Waals surface area contributed by atoms with Crippen LogP contribution in [0.5, 0.6) is 0 Å². The number of hydrogen-bond acceptors (Lipinski definition) is 3. The Morgan fingerprint density at radius 3 is 2.42 bits per heavy atom. The van der Waals surface area contributed by atoms with Crippen molar-refractivity contribution in [2.75, 3.05) is 20.1 Å². The first-order valence-corrected chi connectivity index (χ1v) is 8.22. The van der Waals surface area contributed by atoms with Gasteiger partial charge in [-0.1, -0.05) is 30.3 Å². The fourth-order valence-electron chi connectivity index (χ4n) is 2.88. The maximum Gasteiger partial charge on any atom is 0.348 e. The van der Waals surface area contributed by atoms with Gasteiger partial charge in [-0.2, -0.15) is 5.10 Å². The van der Waals surface area contributed by atoms with E-state index in [2.05, 4.69) is 36.0 Å². The van der Waals surface area contributed by atoms with Crippen LogP contribution in [0.25, 0.3) is 11.6 Å². The Morgan fingerprint density at radius 1 is 1.04 bits per heavy atom. The number of amidine groups is 1. The Hall–Kier alpha value is -2.82. The van der Waals surface area contributed by atoms with Crippen molar-refractivity contribution < 1.29 is 4.79 Å². The lowest BCUT2D eigenvalue weighted by Gasteiger charge is -2.28. The molecular formula is C19H22N4O. The van der Waals surface area contributed by atoms with Crippen LogP contribution >= 0.6 is 0 Å². The van der Waals surface area contributed by atoms with Crippen LogP contribution in [0.1, 0.15) is 25.1 Å². The molecule has 1 amide bonds. The van der Waals surface area contributed by atoms with E-state index in [-0.39, 0.29) is 6.03 Å². The molecule has 1 aliphatic rings. The van der Waals surface area contributed by atoms with Crippen LogP contribution in [-0.2, 0) is 0 Å². The number of nitrogens with zero attached hydrogens (tertiary/aromatic N) is 4. The molecular weight excluding hydrogens is 300 g/mol. The minimum absolute atomic E-state index is 0.164.